The third kappa shape index (κ3) is 4.73. The molecule has 10 heteroatoms. The van der Waals surface area contributed by atoms with E-state index in [1.54, 1.807) is 19.9 Å². The van der Waals surface area contributed by atoms with E-state index in [9.17, 15) is 27.6 Å². The van der Waals surface area contributed by atoms with Crippen LogP contribution in [0, 0.1) is 5.41 Å². The van der Waals surface area contributed by atoms with Crippen molar-refractivity contribution in [1.29, 1.82) is 0 Å². The first-order chi connectivity index (χ1) is 16.5. The van der Waals surface area contributed by atoms with Gasteiger partial charge in [0.05, 0.1) is 25.3 Å². The van der Waals surface area contributed by atoms with Gasteiger partial charge < -0.3 is 19.9 Å². The molecule has 0 spiro atoms. The highest BCUT2D eigenvalue weighted by Crippen LogP contribution is 2.51. The second-order valence-electron chi connectivity index (χ2n) is 10.3. The highest BCUT2D eigenvalue weighted by atomic mass is 19.4. The number of Topliss-reactive ketones (excluding diaryl/α,β-unsaturated/α-hetero) is 1. The molecule has 4 rings (SSSR count). The number of carbonyl (C=O) groups excluding carboxylic acids is 3. The summed E-state index contributed by atoms with van der Waals surface area (Å²) in [5, 5.41) is 1.97. The SMILES string of the molecule is CC1(C)CC(=O)C2=C(C1)N(CCC[NH+]1CCOCC1)C(=O)[C@@]2(NC(=O)c1ccccc1)C(F)(F)F. The number of nitrogens with zero attached hydrogens (tertiary/aromatic N) is 1. The summed E-state index contributed by atoms with van der Waals surface area (Å²) in [5.74, 6) is -3.11. The summed E-state index contributed by atoms with van der Waals surface area (Å²) >= 11 is 0. The van der Waals surface area contributed by atoms with E-state index in [0.29, 0.717) is 26.2 Å². The van der Waals surface area contributed by atoms with Crippen LogP contribution in [-0.2, 0) is 14.3 Å². The number of halogens is 3. The molecule has 1 saturated heterocycles. The van der Waals surface area contributed by atoms with Gasteiger partial charge in [0.25, 0.3) is 11.8 Å². The summed E-state index contributed by atoms with van der Waals surface area (Å²) in [6.07, 6.45) is -4.73. The van der Waals surface area contributed by atoms with E-state index in [1.807, 2.05) is 5.32 Å². The molecular weight excluding hydrogens is 463 g/mol. The predicted molar refractivity (Wildman–Crippen MR) is 120 cm³/mol. The van der Waals surface area contributed by atoms with Gasteiger partial charge in [-0.1, -0.05) is 32.0 Å². The van der Waals surface area contributed by atoms with Crippen LogP contribution in [0.1, 0.15) is 43.5 Å². The number of quaternary nitrogens is 1. The number of hydrogen-bond donors (Lipinski definition) is 2. The summed E-state index contributed by atoms with van der Waals surface area (Å²) in [5.41, 5.74) is -4.57. The molecule has 1 aromatic carbocycles. The van der Waals surface area contributed by atoms with Gasteiger partial charge in [-0.3, -0.25) is 14.4 Å². The number of amides is 2. The predicted octanol–water partition coefficient (Wildman–Crippen LogP) is 1.51. The Bertz CT molecular complexity index is 1030. The lowest BCUT2D eigenvalue weighted by molar-refractivity contribution is -0.908. The minimum atomic E-state index is -5.20. The minimum Gasteiger partial charge on any atom is -0.370 e. The van der Waals surface area contributed by atoms with Crippen LogP contribution in [0.2, 0.25) is 0 Å². The molecule has 0 aromatic heterocycles. The number of benzene rings is 1. The Morgan fingerprint density at radius 2 is 1.77 bits per heavy atom. The first-order valence-corrected chi connectivity index (χ1v) is 11.9. The summed E-state index contributed by atoms with van der Waals surface area (Å²) < 4.78 is 49.7. The summed E-state index contributed by atoms with van der Waals surface area (Å²) in [7, 11) is 0. The van der Waals surface area contributed by atoms with E-state index in [-0.39, 0.29) is 30.6 Å². The highest BCUT2D eigenvalue weighted by molar-refractivity contribution is 6.14. The Morgan fingerprint density at radius 1 is 1.11 bits per heavy atom. The maximum absolute atomic E-state index is 14.8. The lowest BCUT2D eigenvalue weighted by Gasteiger charge is -2.35. The molecule has 190 valence electrons. The van der Waals surface area contributed by atoms with Crippen LogP contribution >= 0.6 is 0 Å². The van der Waals surface area contributed by atoms with Crippen LogP contribution in [-0.4, -0.2) is 73.6 Å². The molecule has 2 heterocycles. The Morgan fingerprint density at radius 3 is 2.40 bits per heavy atom. The second kappa shape index (κ2) is 9.39. The van der Waals surface area contributed by atoms with Gasteiger partial charge in [0.2, 0.25) is 5.54 Å². The molecule has 0 radical (unpaired) electrons. The van der Waals surface area contributed by atoms with Gasteiger partial charge in [0.1, 0.15) is 13.1 Å². The zero-order valence-electron chi connectivity index (χ0n) is 20.0. The summed E-state index contributed by atoms with van der Waals surface area (Å²) in [6, 6.07) is 7.39. The largest absolute Gasteiger partial charge is 0.425 e. The van der Waals surface area contributed by atoms with Gasteiger partial charge in [0.15, 0.2) is 5.78 Å². The molecule has 2 N–H and O–H groups in total. The van der Waals surface area contributed by atoms with Gasteiger partial charge in [-0.15, -0.1) is 0 Å². The van der Waals surface area contributed by atoms with Crippen LogP contribution in [0.4, 0.5) is 13.2 Å². The minimum absolute atomic E-state index is 0.0240. The topological polar surface area (TPSA) is 80.2 Å². The van der Waals surface area contributed by atoms with Crippen LogP contribution in [0.5, 0.6) is 0 Å². The number of rotatable bonds is 6. The molecule has 0 saturated carbocycles. The molecule has 0 bridgehead atoms. The van der Waals surface area contributed by atoms with Gasteiger partial charge in [-0.25, -0.2) is 0 Å². The van der Waals surface area contributed by atoms with E-state index >= 15 is 0 Å². The molecular formula is C25H31F3N3O4+. The second-order valence-corrected chi connectivity index (χ2v) is 10.3. The lowest BCUT2D eigenvalue weighted by atomic mass is 9.72. The Kier molecular flexibility index (Phi) is 6.80. The first-order valence-electron chi connectivity index (χ1n) is 11.9. The van der Waals surface area contributed by atoms with E-state index < -0.39 is 40.3 Å². The number of nitrogens with one attached hydrogen (secondary N) is 2. The van der Waals surface area contributed by atoms with Crippen LogP contribution in [0.25, 0.3) is 0 Å². The first kappa shape index (κ1) is 25.4. The van der Waals surface area contributed by atoms with Gasteiger partial charge in [-0.05, 0) is 24.0 Å². The Balaban J connectivity index is 1.70. The van der Waals surface area contributed by atoms with Crippen LogP contribution in [0.15, 0.2) is 41.6 Å². The van der Waals surface area contributed by atoms with E-state index in [2.05, 4.69) is 0 Å². The zero-order valence-corrected chi connectivity index (χ0v) is 20.0. The average Bonchev–Trinajstić information content (AvgIpc) is 3.02. The molecule has 2 amide bonds. The molecule has 1 fully saturated rings. The van der Waals surface area contributed by atoms with Crippen molar-refractivity contribution in [3.8, 4) is 0 Å². The summed E-state index contributed by atoms with van der Waals surface area (Å²) in [4.78, 5) is 42.1. The van der Waals surface area contributed by atoms with Crippen molar-refractivity contribution in [3.05, 3.63) is 47.2 Å². The normalized spacial score (nSPS) is 25.1. The van der Waals surface area contributed by atoms with E-state index in [1.165, 1.54) is 29.2 Å². The number of morpholine rings is 1. The molecule has 1 aromatic rings. The summed E-state index contributed by atoms with van der Waals surface area (Å²) in [6.45, 7) is 7.15. The molecule has 7 nitrogen and oxygen atoms in total. The molecule has 35 heavy (non-hydrogen) atoms. The van der Waals surface area contributed by atoms with Crippen molar-refractivity contribution in [2.75, 3.05) is 39.4 Å². The maximum Gasteiger partial charge on any atom is 0.425 e. The van der Waals surface area contributed by atoms with Crippen LogP contribution in [0.3, 0.4) is 0 Å². The fourth-order valence-corrected chi connectivity index (χ4v) is 5.29. The van der Waals surface area contributed by atoms with E-state index in [0.717, 1.165) is 18.0 Å². The molecule has 1 aliphatic carbocycles. The zero-order chi connectivity index (χ0) is 25.4. The van der Waals surface area contributed by atoms with Crippen molar-refractivity contribution >= 4 is 17.6 Å². The molecule has 3 aliphatic rings. The quantitative estimate of drug-likeness (QED) is 0.629. The molecule has 0 unspecified atom stereocenters. The van der Waals surface area contributed by atoms with Crippen molar-refractivity contribution in [2.45, 2.75) is 44.8 Å². The third-order valence-corrected chi connectivity index (χ3v) is 6.99. The molecule has 1 atom stereocenters. The Hall–Kier alpha value is -2.72. The van der Waals surface area contributed by atoms with E-state index in [4.69, 9.17) is 4.74 Å². The maximum atomic E-state index is 14.8. The number of hydrogen-bond acceptors (Lipinski definition) is 4. The Labute approximate surface area is 202 Å². The number of carbonyl (C=O) groups is 3. The van der Waals surface area contributed by atoms with Crippen LogP contribution < -0.4 is 10.2 Å². The molecule has 2 aliphatic heterocycles. The number of allylic oxidation sites excluding steroid dienone is 1. The smallest absolute Gasteiger partial charge is 0.370 e. The van der Waals surface area contributed by atoms with Gasteiger partial charge in [0, 0.05) is 30.6 Å². The fraction of sp³-hybridized carbons (Fsp3) is 0.560. The van der Waals surface area contributed by atoms with Crippen molar-refractivity contribution in [2.24, 2.45) is 5.41 Å². The fourth-order valence-electron chi connectivity index (χ4n) is 5.29. The monoisotopic (exact) mass is 494 g/mol. The van der Waals surface area contributed by atoms with Crippen molar-refractivity contribution in [3.63, 3.8) is 0 Å². The average molecular weight is 495 g/mol. The number of alkyl halides is 3. The van der Waals surface area contributed by atoms with Crippen molar-refractivity contribution < 1.29 is 37.2 Å². The standard InChI is InChI=1S/C25H30F3N3O4/c1-23(2)15-18-20(19(32)16-23)24(25(26,27)28,29-21(33)17-7-4-3-5-8-17)22(34)31(18)10-6-9-30-11-13-35-14-12-30/h3-5,7-8H,6,9-16H2,1-2H3,(H,29,33)/p+1/t24-/m1/s1. The van der Waals surface area contributed by atoms with Gasteiger partial charge in [-0.2, -0.15) is 13.2 Å². The number of ether oxygens (including phenoxy) is 1. The third-order valence-electron chi connectivity index (χ3n) is 6.99. The van der Waals surface area contributed by atoms with Gasteiger partial charge >= 0.3 is 6.18 Å². The lowest BCUT2D eigenvalue weighted by Crippen LogP contribution is -3.14. The number of ketones is 1. The van der Waals surface area contributed by atoms with Crippen molar-refractivity contribution in [1.82, 2.24) is 10.2 Å². The highest BCUT2D eigenvalue weighted by Gasteiger charge is 2.71.